The number of hydrogen-bond acceptors (Lipinski definition) is 3. The molecule has 3 atom stereocenters. The van der Waals surface area contributed by atoms with Gasteiger partial charge < -0.3 is 5.32 Å². The first-order valence-electron chi connectivity index (χ1n) is 6.78. The number of thioether (sulfide) groups is 1. The molecule has 1 aliphatic heterocycles. The molecule has 0 bridgehead atoms. The minimum atomic E-state index is 0.635. The summed E-state index contributed by atoms with van der Waals surface area (Å²) < 4.78 is 0. The van der Waals surface area contributed by atoms with Crippen molar-refractivity contribution in [2.24, 2.45) is 0 Å². The van der Waals surface area contributed by atoms with Crippen LogP contribution in [0, 0.1) is 0 Å². The van der Waals surface area contributed by atoms with E-state index in [0.717, 1.165) is 11.3 Å². The van der Waals surface area contributed by atoms with E-state index in [-0.39, 0.29) is 0 Å². The van der Waals surface area contributed by atoms with Crippen molar-refractivity contribution in [3.05, 3.63) is 21.9 Å². The summed E-state index contributed by atoms with van der Waals surface area (Å²) in [7, 11) is 0. The second-order valence-corrected chi connectivity index (χ2v) is 7.72. The van der Waals surface area contributed by atoms with Crippen LogP contribution in [0.25, 0.3) is 0 Å². The topological polar surface area (TPSA) is 12.0 Å². The highest BCUT2D eigenvalue weighted by Crippen LogP contribution is 2.35. The van der Waals surface area contributed by atoms with E-state index in [1.54, 1.807) is 10.4 Å². The lowest BCUT2D eigenvalue weighted by atomic mass is 9.92. The zero-order chi connectivity index (χ0) is 11.7. The lowest BCUT2D eigenvalue weighted by molar-refractivity contribution is 0.372. The van der Waals surface area contributed by atoms with Gasteiger partial charge in [0.05, 0.1) is 0 Å². The van der Waals surface area contributed by atoms with Gasteiger partial charge in [-0.1, -0.05) is 6.92 Å². The molecule has 1 aromatic rings. The van der Waals surface area contributed by atoms with Crippen LogP contribution in [0.1, 0.15) is 49.1 Å². The zero-order valence-electron chi connectivity index (χ0n) is 10.4. The predicted octanol–water partition coefficient (Wildman–Crippen LogP) is 4.00. The van der Waals surface area contributed by atoms with Crippen molar-refractivity contribution in [3.8, 4) is 0 Å². The van der Waals surface area contributed by atoms with E-state index in [0.29, 0.717) is 6.04 Å². The number of aryl methyl sites for hydroxylation is 1. The Hall–Kier alpha value is 0.0100. The third-order valence-electron chi connectivity index (χ3n) is 4.07. The maximum Gasteiger partial charge on any atom is 0.0334 e. The van der Waals surface area contributed by atoms with Crippen molar-refractivity contribution in [2.75, 3.05) is 5.75 Å². The van der Waals surface area contributed by atoms with Crippen molar-refractivity contribution >= 4 is 23.1 Å². The predicted molar refractivity (Wildman–Crippen MR) is 78.1 cm³/mol. The van der Waals surface area contributed by atoms with E-state index in [1.807, 2.05) is 11.3 Å². The molecule has 1 fully saturated rings. The highest BCUT2D eigenvalue weighted by Gasteiger charge is 2.27. The molecule has 94 valence electrons. The van der Waals surface area contributed by atoms with Crippen molar-refractivity contribution in [3.63, 3.8) is 0 Å². The molecule has 1 N–H and O–H groups in total. The lowest BCUT2D eigenvalue weighted by Gasteiger charge is -2.34. The maximum absolute atomic E-state index is 3.94. The van der Waals surface area contributed by atoms with Crippen LogP contribution in [0.2, 0.25) is 0 Å². The Labute approximate surface area is 112 Å². The van der Waals surface area contributed by atoms with Gasteiger partial charge in [0.25, 0.3) is 0 Å². The molecule has 3 heteroatoms. The molecular weight excluding hydrogens is 246 g/mol. The summed E-state index contributed by atoms with van der Waals surface area (Å²) in [5, 5.41) is 6.99. The minimum Gasteiger partial charge on any atom is -0.306 e. The molecule has 1 aromatic heterocycles. The largest absolute Gasteiger partial charge is 0.306 e. The maximum atomic E-state index is 3.94. The smallest absolute Gasteiger partial charge is 0.0334 e. The first-order chi connectivity index (χ1) is 8.34. The molecule has 2 aliphatic rings. The minimum absolute atomic E-state index is 0.635. The molecule has 0 aromatic carbocycles. The van der Waals surface area contributed by atoms with E-state index in [9.17, 15) is 0 Å². The molecule has 1 aliphatic carbocycles. The third-order valence-corrected chi connectivity index (χ3v) is 6.45. The van der Waals surface area contributed by atoms with E-state index in [4.69, 9.17) is 0 Å². The van der Waals surface area contributed by atoms with Crippen LogP contribution in [0.15, 0.2) is 11.4 Å². The summed E-state index contributed by atoms with van der Waals surface area (Å²) >= 11 is 4.08. The van der Waals surface area contributed by atoms with E-state index < -0.39 is 0 Å². The van der Waals surface area contributed by atoms with Crippen LogP contribution in [0.4, 0.5) is 0 Å². The van der Waals surface area contributed by atoms with E-state index in [1.165, 1.54) is 37.9 Å². The monoisotopic (exact) mass is 267 g/mol. The van der Waals surface area contributed by atoms with Gasteiger partial charge in [-0.15, -0.1) is 11.3 Å². The molecule has 0 saturated carbocycles. The van der Waals surface area contributed by atoms with Gasteiger partial charge >= 0.3 is 0 Å². The van der Waals surface area contributed by atoms with Crippen LogP contribution >= 0.6 is 23.1 Å². The Bertz CT molecular complexity index is 374. The number of rotatable bonds is 2. The number of thiophene rings is 1. The number of hydrogen-bond donors (Lipinski definition) is 1. The molecule has 1 saturated heterocycles. The molecule has 3 rings (SSSR count). The van der Waals surface area contributed by atoms with Gasteiger partial charge in [0.15, 0.2) is 0 Å². The highest BCUT2D eigenvalue weighted by molar-refractivity contribution is 7.99. The Morgan fingerprint density at radius 3 is 3.12 bits per heavy atom. The average Bonchev–Trinajstić information content (AvgIpc) is 2.81. The van der Waals surface area contributed by atoms with Crippen LogP contribution in [0.3, 0.4) is 0 Å². The number of fused-ring (bicyclic) bond motifs is 1. The second-order valence-electron chi connectivity index (χ2n) is 5.24. The molecule has 3 unspecified atom stereocenters. The van der Waals surface area contributed by atoms with Crippen LogP contribution < -0.4 is 5.32 Å². The van der Waals surface area contributed by atoms with Crippen molar-refractivity contribution in [2.45, 2.75) is 56.4 Å². The van der Waals surface area contributed by atoms with Crippen LogP contribution in [0.5, 0.6) is 0 Å². The van der Waals surface area contributed by atoms with E-state index >= 15 is 0 Å². The summed E-state index contributed by atoms with van der Waals surface area (Å²) in [5.74, 6) is 1.35. The van der Waals surface area contributed by atoms with Gasteiger partial charge in [-0.2, -0.15) is 11.8 Å². The fourth-order valence-electron chi connectivity index (χ4n) is 3.06. The molecular formula is C14H21NS2. The summed E-state index contributed by atoms with van der Waals surface area (Å²) in [6, 6.07) is 3.71. The SMILES string of the molecule is CC1SCCCC1NC1CCCc2sccc21. The molecule has 0 spiro atoms. The zero-order valence-corrected chi connectivity index (χ0v) is 12.1. The van der Waals surface area contributed by atoms with Crippen molar-refractivity contribution in [1.29, 1.82) is 0 Å². The van der Waals surface area contributed by atoms with Gasteiger partial charge in [0.2, 0.25) is 0 Å². The molecule has 17 heavy (non-hydrogen) atoms. The fourth-order valence-corrected chi connectivity index (χ4v) is 5.20. The Balaban J connectivity index is 1.70. The molecule has 2 heterocycles. The average molecular weight is 267 g/mol. The Morgan fingerprint density at radius 2 is 2.24 bits per heavy atom. The van der Waals surface area contributed by atoms with E-state index in [2.05, 4.69) is 35.4 Å². The standard InChI is InChI=1S/C14H21NS2/c1-10-12(5-3-8-16-10)15-13-4-2-6-14-11(13)7-9-17-14/h7,9-10,12-13,15H,2-6,8H2,1H3. The summed E-state index contributed by atoms with van der Waals surface area (Å²) in [5.41, 5.74) is 1.60. The van der Waals surface area contributed by atoms with Crippen LogP contribution in [-0.4, -0.2) is 17.0 Å². The molecule has 1 nitrogen and oxygen atoms in total. The Morgan fingerprint density at radius 1 is 1.29 bits per heavy atom. The third kappa shape index (κ3) is 2.56. The molecule has 0 amide bonds. The van der Waals surface area contributed by atoms with Gasteiger partial charge in [0, 0.05) is 22.2 Å². The van der Waals surface area contributed by atoms with Crippen molar-refractivity contribution in [1.82, 2.24) is 5.32 Å². The first-order valence-corrected chi connectivity index (χ1v) is 8.71. The fraction of sp³-hybridized carbons (Fsp3) is 0.714. The van der Waals surface area contributed by atoms with Crippen LogP contribution in [-0.2, 0) is 6.42 Å². The summed E-state index contributed by atoms with van der Waals surface area (Å²) in [4.78, 5) is 1.63. The second kappa shape index (κ2) is 5.33. The highest BCUT2D eigenvalue weighted by atomic mass is 32.2. The van der Waals surface area contributed by atoms with Gasteiger partial charge in [-0.3, -0.25) is 0 Å². The van der Waals surface area contributed by atoms with Gasteiger partial charge in [-0.05, 0) is 54.9 Å². The number of nitrogens with one attached hydrogen (secondary N) is 1. The van der Waals surface area contributed by atoms with Gasteiger partial charge in [-0.25, -0.2) is 0 Å². The lowest BCUT2D eigenvalue weighted by Crippen LogP contribution is -2.42. The normalized spacial score (nSPS) is 33.4. The van der Waals surface area contributed by atoms with Crippen molar-refractivity contribution < 1.29 is 0 Å². The molecule has 0 radical (unpaired) electrons. The Kier molecular flexibility index (Phi) is 3.78. The quantitative estimate of drug-likeness (QED) is 0.869. The summed E-state index contributed by atoms with van der Waals surface area (Å²) in [6.45, 7) is 2.39. The first kappa shape index (κ1) is 12.1. The summed E-state index contributed by atoms with van der Waals surface area (Å²) in [6.07, 6.45) is 6.75. The van der Waals surface area contributed by atoms with Gasteiger partial charge in [0.1, 0.15) is 0 Å².